The van der Waals surface area contributed by atoms with Crippen LogP contribution in [-0.2, 0) is 0 Å². The van der Waals surface area contributed by atoms with Crippen molar-refractivity contribution in [1.29, 1.82) is 10.5 Å². The summed E-state index contributed by atoms with van der Waals surface area (Å²) in [6.45, 7) is 1.75. The highest BCUT2D eigenvalue weighted by molar-refractivity contribution is 7.96. The van der Waals surface area contributed by atoms with E-state index in [9.17, 15) is 0 Å². The Morgan fingerprint density at radius 1 is 1.38 bits per heavy atom. The van der Waals surface area contributed by atoms with Gasteiger partial charge in [-0.2, -0.15) is 10.5 Å². The number of hydrogen-bond donors (Lipinski definition) is 5. The van der Waals surface area contributed by atoms with Crippen LogP contribution >= 0.6 is 35.5 Å². The summed E-state index contributed by atoms with van der Waals surface area (Å²) in [5.41, 5.74) is 18.4. The molecule has 0 saturated carbocycles. The summed E-state index contributed by atoms with van der Waals surface area (Å²) in [4.78, 5) is 4.92. The van der Waals surface area contributed by atoms with Crippen LogP contribution in [0.3, 0.4) is 0 Å². The van der Waals surface area contributed by atoms with Crippen LogP contribution in [0.1, 0.15) is 22.2 Å². The predicted octanol–water partition coefficient (Wildman–Crippen LogP) is 1.64. The van der Waals surface area contributed by atoms with Gasteiger partial charge in [0, 0.05) is 28.1 Å². The van der Waals surface area contributed by atoms with Crippen LogP contribution in [0, 0.1) is 29.6 Å². The van der Waals surface area contributed by atoms with Crippen LogP contribution in [0.15, 0.2) is 23.1 Å². The highest BCUT2D eigenvalue weighted by Crippen LogP contribution is 2.26. The van der Waals surface area contributed by atoms with Gasteiger partial charge in [0.25, 0.3) is 0 Å². The lowest BCUT2D eigenvalue weighted by Gasteiger charge is -2.09. The number of thiazole rings is 1. The van der Waals surface area contributed by atoms with Crippen molar-refractivity contribution in [2.75, 3.05) is 11.5 Å². The smallest absolute Gasteiger partial charge is 0.184 e. The Balaban J connectivity index is 0.000000263. The maximum absolute atomic E-state index is 8.78. The van der Waals surface area contributed by atoms with Crippen molar-refractivity contribution in [2.45, 2.75) is 17.7 Å². The SMILES string of the molecule is Cc1nc(C(C#N)C#N)sc1N.NC(=S)c1cc(SN(N)O)ccc1N. The van der Waals surface area contributed by atoms with E-state index in [4.69, 9.17) is 51.0 Å². The van der Waals surface area contributed by atoms with Gasteiger partial charge >= 0.3 is 0 Å². The summed E-state index contributed by atoms with van der Waals surface area (Å²) < 4.78 is 0.495. The Hall–Kier alpha value is -2.45. The largest absolute Gasteiger partial charge is 0.398 e. The number of thiocarbonyl (C=S) groups is 1. The monoisotopic (exact) mass is 408 g/mol. The third kappa shape index (κ3) is 6.12. The van der Waals surface area contributed by atoms with Crippen molar-refractivity contribution in [2.24, 2.45) is 11.6 Å². The average Bonchev–Trinajstić information content (AvgIpc) is 2.89. The number of nitrogen functional groups attached to an aromatic ring is 2. The Morgan fingerprint density at radius 2 is 2.00 bits per heavy atom. The van der Waals surface area contributed by atoms with Crippen molar-refractivity contribution >= 4 is 51.2 Å². The average molecular weight is 409 g/mol. The second-order valence-corrected chi connectivity index (χ2v) is 7.23. The molecule has 1 aromatic heterocycles. The minimum absolute atomic E-state index is 0.214. The first-order chi connectivity index (χ1) is 12.2. The van der Waals surface area contributed by atoms with Crippen LogP contribution in [0.5, 0.6) is 0 Å². The maximum Gasteiger partial charge on any atom is 0.184 e. The second-order valence-electron chi connectivity index (χ2n) is 4.70. The van der Waals surface area contributed by atoms with Gasteiger partial charge < -0.3 is 17.2 Å². The normalized spacial score (nSPS) is 9.96. The van der Waals surface area contributed by atoms with Crippen LogP contribution in [0.2, 0.25) is 0 Å². The van der Waals surface area contributed by atoms with Crippen LogP contribution in [0.25, 0.3) is 0 Å². The van der Waals surface area contributed by atoms with Gasteiger partial charge in [0.1, 0.15) is 15.0 Å². The van der Waals surface area contributed by atoms with Gasteiger partial charge in [0.2, 0.25) is 0 Å². The van der Waals surface area contributed by atoms with Gasteiger partial charge in [0.05, 0.1) is 17.8 Å². The lowest BCUT2D eigenvalue weighted by Crippen LogP contribution is -2.18. The molecule has 9 N–H and O–H groups in total. The molecule has 9 nitrogen and oxygen atoms in total. The predicted molar refractivity (Wildman–Crippen MR) is 106 cm³/mol. The molecule has 0 radical (unpaired) electrons. The Bertz CT molecular complexity index is 835. The summed E-state index contributed by atoms with van der Waals surface area (Å²) in [6.07, 6.45) is 0. The fourth-order valence-electron chi connectivity index (χ4n) is 1.61. The first-order valence-corrected chi connectivity index (χ1v) is 8.82. The van der Waals surface area contributed by atoms with Crippen molar-refractivity contribution in [1.82, 2.24) is 9.56 Å². The van der Waals surface area contributed by atoms with Crippen molar-refractivity contribution in [3.63, 3.8) is 0 Å². The fourth-order valence-corrected chi connectivity index (χ4v) is 3.12. The molecule has 2 rings (SSSR count). The number of hydrogen-bond acceptors (Lipinski definition) is 11. The molecule has 0 aliphatic rings. The molecule has 26 heavy (non-hydrogen) atoms. The zero-order valence-corrected chi connectivity index (χ0v) is 16.0. The number of aromatic nitrogens is 1. The number of hydrazine groups is 1. The van der Waals surface area contributed by atoms with Crippen LogP contribution in [0.4, 0.5) is 10.7 Å². The van der Waals surface area contributed by atoms with Crippen molar-refractivity contribution in [3.8, 4) is 12.1 Å². The van der Waals surface area contributed by atoms with E-state index in [1.807, 2.05) is 12.1 Å². The molecule has 2 aromatic rings. The summed E-state index contributed by atoms with van der Waals surface area (Å²) in [5, 5.41) is 26.9. The zero-order valence-electron chi connectivity index (χ0n) is 13.6. The van der Waals surface area contributed by atoms with E-state index in [-0.39, 0.29) is 4.99 Å². The quantitative estimate of drug-likeness (QED) is 0.162. The van der Waals surface area contributed by atoms with Gasteiger partial charge in [-0.3, -0.25) is 5.21 Å². The van der Waals surface area contributed by atoms with Crippen LogP contribution < -0.4 is 23.0 Å². The number of aryl methyl sites for hydroxylation is 1. The molecule has 1 heterocycles. The number of anilines is 2. The molecule has 0 atom stereocenters. The van der Waals surface area contributed by atoms with E-state index in [0.29, 0.717) is 36.4 Å². The number of nitriles is 2. The molecule has 0 amide bonds. The molecule has 0 fully saturated rings. The highest BCUT2D eigenvalue weighted by Gasteiger charge is 2.14. The molecule has 1 aromatic carbocycles. The minimum atomic E-state index is -0.786. The Morgan fingerprint density at radius 3 is 2.42 bits per heavy atom. The maximum atomic E-state index is 8.78. The molecular formula is C14H16N8OS3. The molecule has 12 heteroatoms. The topological polar surface area (TPSA) is 188 Å². The molecule has 0 unspecified atom stereocenters. The lowest BCUT2D eigenvalue weighted by molar-refractivity contribution is 0.0164. The third-order valence-corrected chi connectivity index (χ3v) is 4.77. The van der Waals surface area contributed by atoms with E-state index < -0.39 is 5.92 Å². The fraction of sp³-hybridized carbons (Fsp3) is 0.143. The molecule has 0 aliphatic carbocycles. The number of rotatable bonds is 4. The molecule has 136 valence electrons. The first-order valence-electron chi connectivity index (χ1n) is 6.82. The number of benzene rings is 1. The minimum Gasteiger partial charge on any atom is -0.398 e. The van der Waals surface area contributed by atoms with Gasteiger partial charge in [-0.15, -0.1) is 0 Å². The Kier molecular flexibility index (Phi) is 8.21. The molecule has 0 aliphatic heterocycles. The van der Waals surface area contributed by atoms with E-state index in [0.717, 1.165) is 11.9 Å². The van der Waals surface area contributed by atoms with Crippen LogP contribution in [-0.4, -0.2) is 19.8 Å². The van der Waals surface area contributed by atoms with E-state index in [1.54, 1.807) is 25.1 Å². The lowest BCUT2D eigenvalue weighted by atomic mass is 10.2. The van der Waals surface area contributed by atoms with Gasteiger partial charge in [-0.05, 0) is 25.1 Å². The molecule has 0 bridgehead atoms. The third-order valence-electron chi connectivity index (χ3n) is 2.84. The number of nitrogens with two attached hydrogens (primary N) is 4. The number of nitrogens with zero attached hydrogens (tertiary/aromatic N) is 4. The molecule has 0 spiro atoms. The van der Waals surface area contributed by atoms with Crippen molar-refractivity contribution < 1.29 is 5.21 Å². The standard InChI is InChI=1S/C7H10N4OS2.C7H6N4S/c8-6-2-1-4(14-11(10)12)3-5(6)7(9)13;1-4-6(10)12-7(11-4)5(2-8)3-9/h1-3,12H,8,10H2,(H2,9,13);5H,10H2,1H3. The van der Waals surface area contributed by atoms with Gasteiger partial charge in [-0.25, -0.2) is 10.8 Å². The Labute approximate surface area is 163 Å². The summed E-state index contributed by atoms with van der Waals surface area (Å²) in [7, 11) is 0. The summed E-state index contributed by atoms with van der Waals surface area (Å²) in [6, 6.07) is 8.70. The zero-order chi connectivity index (χ0) is 19.9. The summed E-state index contributed by atoms with van der Waals surface area (Å²) in [5.74, 6) is 4.26. The first kappa shape index (κ1) is 21.6. The van der Waals surface area contributed by atoms with E-state index in [2.05, 4.69) is 4.98 Å². The molecule has 0 saturated heterocycles. The second kappa shape index (κ2) is 9.88. The van der Waals surface area contributed by atoms with Crippen molar-refractivity contribution in [3.05, 3.63) is 34.5 Å². The highest BCUT2D eigenvalue weighted by atomic mass is 32.2. The summed E-state index contributed by atoms with van der Waals surface area (Å²) >= 11 is 6.93. The van der Waals surface area contributed by atoms with E-state index in [1.165, 1.54) is 11.3 Å². The molecular weight excluding hydrogens is 392 g/mol. The van der Waals surface area contributed by atoms with Gasteiger partial charge in [0.15, 0.2) is 5.92 Å². The van der Waals surface area contributed by atoms with Gasteiger partial charge in [-0.1, -0.05) is 28.1 Å². The van der Waals surface area contributed by atoms with E-state index >= 15 is 0 Å².